The molecule has 118 valence electrons. The van der Waals surface area contributed by atoms with Crippen molar-refractivity contribution in [1.29, 1.82) is 0 Å². The Kier molecular flexibility index (Phi) is 5.88. The van der Waals surface area contributed by atoms with Crippen LogP contribution in [0.4, 0.5) is 0 Å². The highest BCUT2D eigenvalue weighted by Gasteiger charge is 2.27. The van der Waals surface area contributed by atoms with Crippen molar-refractivity contribution in [3.8, 4) is 11.5 Å². The molecule has 1 aliphatic heterocycles. The van der Waals surface area contributed by atoms with E-state index in [0.29, 0.717) is 36.8 Å². The number of hydrogen-bond donors (Lipinski definition) is 2. The number of benzene rings is 1. The normalized spacial score (nSPS) is 18.9. The molecule has 1 fully saturated rings. The van der Waals surface area contributed by atoms with E-state index < -0.39 is 0 Å². The fourth-order valence-electron chi connectivity index (χ4n) is 3.08. The van der Waals surface area contributed by atoms with Crippen molar-refractivity contribution in [2.45, 2.75) is 32.7 Å². The van der Waals surface area contributed by atoms with E-state index in [-0.39, 0.29) is 5.75 Å². The lowest BCUT2D eigenvalue weighted by Crippen LogP contribution is -2.42. The number of likely N-dealkylation sites (tertiary alicyclic amines) is 1. The Balaban J connectivity index is 1.85. The van der Waals surface area contributed by atoms with E-state index in [1.54, 1.807) is 18.2 Å². The lowest BCUT2D eigenvalue weighted by atomic mass is 9.84. The number of para-hydroxylation sites is 2. The third kappa shape index (κ3) is 4.35. The Morgan fingerprint density at radius 3 is 2.52 bits per heavy atom. The molecule has 1 aromatic carbocycles. The molecule has 1 aromatic rings. The van der Waals surface area contributed by atoms with Crippen LogP contribution in [0.3, 0.4) is 0 Å². The van der Waals surface area contributed by atoms with Gasteiger partial charge in [-0.05, 0) is 64.4 Å². The number of nitrogens with zero attached hydrogens (tertiary/aromatic N) is 1. The largest absolute Gasteiger partial charge is 0.504 e. The molecule has 0 spiro atoms. The van der Waals surface area contributed by atoms with Crippen LogP contribution in [-0.2, 0) is 0 Å². The summed E-state index contributed by atoms with van der Waals surface area (Å²) in [6, 6.07) is 7.73. The van der Waals surface area contributed by atoms with Crippen LogP contribution in [0.15, 0.2) is 24.3 Å². The molecule has 0 amide bonds. The summed E-state index contributed by atoms with van der Waals surface area (Å²) in [5.74, 6) is 1.73. The maximum Gasteiger partial charge on any atom is 0.160 e. The van der Waals surface area contributed by atoms with Gasteiger partial charge in [-0.1, -0.05) is 12.1 Å². The maximum absolute atomic E-state index is 9.74. The molecule has 0 saturated carbocycles. The van der Waals surface area contributed by atoms with E-state index in [4.69, 9.17) is 10.5 Å². The second-order valence-electron chi connectivity index (χ2n) is 6.24. The molecule has 1 heterocycles. The van der Waals surface area contributed by atoms with E-state index in [9.17, 15) is 5.11 Å². The highest BCUT2D eigenvalue weighted by Crippen LogP contribution is 2.29. The van der Waals surface area contributed by atoms with Gasteiger partial charge >= 0.3 is 0 Å². The first-order chi connectivity index (χ1) is 10.1. The molecule has 21 heavy (non-hydrogen) atoms. The summed E-state index contributed by atoms with van der Waals surface area (Å²) in [5, 5.41) is 9.74. The molecule has 3 N–H and O–H groups in total. The van der Waals surface area contributed by atoms with Crippen LogP contribution in [0.5, 0.6) is 11.5 Å². The summed E-state index contributed by atoms with van der Waals surface area (Å²) in [7, 11) is 0. The summed E-state index contributed by atoms with van der Waals surface area (Å²) in [4.78, 5) is 2.52. The average Bonchev–Trinajstić information content (AvgIpc) is 2.50. The number of phenolic OH excluding ortho intramolecular Hbond substituents is 1. The highest BCUT2D eigenvalue weighted by molar-refractivity contribution is 5.37. The van der Waals surface area contributed by atoms with Gasteiger partial charge in [-0.3, -0.25) is 0 Å². The van der Waals surface area contributed by atoms with Gasteiger partial charge in [0.25, 0.3) is 0 Å². The molecule has 4 heteroatoms. The molecule has 1 aliphatic rings. The summed E-state index contributed by atoms with van der Waals surface area (Å²) in [6.45, 7) is 8.02. The van der Waals surface area contributed by atoms with Crippen molar-refractivity contribution in [1.82, 2.24) is 4.90 Å². The molecule has 0 bridgehead atoms. The van der Waals surface area contributed by atoms with Crippen molar-refractivity contribution in [2.24, 2.45) is 17.6 Å². The molecule has 0 radical (unpaired) electrons. The first kappa shape index (κ1) is 16.1. The van der Waals surface area contributed by atoms with Crippen LogP contribution >= 0.6 is 0 Å². The minimum atomic E-state index is 0.197. The van der Waals surface area contributed by atoms with Crippen LogP contribution in [0.2, 0.25) is 0 Å². The smallest absolute Gasteiger partial charge is 0.160 e. The van der Waals surface area contributed by atoms with E-state index >= 15 is 0 Å². The summed E-state index contributed by atoms with van der Waals surface area (Å²) >= 11 is 0. The van der Waals surface area contributed by atoms with Crippen LogP contribution in [0, 0.1) is 11.8 Å². The van der Waals surface area contributed by atoms with Crippen molar-refractivity contribution in [3.05, 3.63) is 24.3 Å². The predicted molar refractivity (Wildman–Crippen MR) is 85.6 cm³/mol. The quantitative estimate of drug-likeness (QED) is 0.845. The summed E-state index contributed by atoms with van der Waals surface area (Å²) in [5.41, 5.74) is 5.94. The average molecular weight is 292 g/mol. The lowest BCUT2D eigenvalue weighted by molar-refractivity contribution is 0.0999. The van der Waals surface area contributed by atoms with Gasteiger partial charge in [-0.25, -0.2) is 0 Å². The zero-order valence-corrected chi connectivity index (χ0v) is 13.2. The van der Waals surface area contributed by atoms with Gasteiger partial charge in [-0.2, -0.15) is 0 Å². The number of aromatic hydroxyl groups is 1. The van der Waals surface area contributed by atoms with Crippen molar-refractivity contribution in [2.75, 3.05) is 26.2 Å². The first-order valence-corrected chi connectivity index (χ1v) is 7.96. The lowest BCUT2D eigenvalue weighted by Gasteiger charge is -2.37. The molecular weight excluding hydrogens is 264 g/mol. The Hall–Kier alpha value is -1.26. The van der Waals surface area contributed by atoms with E-state index in [1.807, 2.05) is 6.07 Å². The fourth-order valence-corrected chi connectivity index (χ4v) is 3.08. The van der Waals surface area contributed by atoms with Crippen LogP contribution in [0.1, 0.15) is 26.7 Å². The molecule has 1 unspecified atom stereocenters. The second kappa shape index (κ2) is 7.66. The number of piperidine rings is 1. The van der Waals surface area contributed by atoms with E-state index in [0.717, 1.165) is 13.1 Å². The maximum atomic E-state index is 9.74. The minimum absolute atomic E-state index is 0.197. The topological polar surface area (TPSA) is 58.7 Å². The number of phenols is 1. The highest BCUT2D eigenvalue weighted by atomic mass is 16.5. The van der Waals surface area contributed by atoms with Gasteiger partial charge in [0.2, 0.25) is 0 Å². The number of hydrogen-bond acceptors (Lipinski definition) is 4. The molecule has 2 rings (SSSR count). The monoisotopic (exact) mass is 292 g/mol. The zero-order chi connectivity index (χ0) is 15.2. The third-order valence-corrected chi connectivity index (χ3v) is 4.59. The second-order valence-corrected chi connectivity index (χ2v) is 6.24. The first-order valence-electron chi connectivity index (χ1n) is 7.96. The number of nitrogens with two attached hydrogens (primary N) is 1. The van der Waals surface area contributed by atoms with Gasteiger partial charge in [0, 0.05) is 12.0 Å². The van der Waals surface area contributed by atoms with Crippen LogP contribution in [-0.4, -0.2) is 42.3 Å². The molecule has 1 saturated heterocycles. The molecule has 0 aromatic heterocycles. The van der Waals surface area contributed by atoms with Crippen LogP contribution < -0.4 is 10.5 Å². The summed E-state index contributed by atoms with van der Waals surface area (Å²) < 4.78 is 5.77. The Labute approximate surface area is 127 Å². The summed E-state index contributed by atoms with van der Waals surface area (Å²) in [6.07, 6.45) is 2.37. The van der Waals surface area contributed by atoms with Crippen LogP contribution in [0.25, 0.3) is 0 Å². The zero-order valence-electron chi connectivity index (χ0n) is 13.2. The Bertz CT molecular complexity index is 429. The van der Waals surface area contributed by atoms with Crippen molar-refractivity contribution >= 4 is 0 Å². The van der Waals surface area contributed by atoms with Crippen molar-refractivity contribution in [3.63, 3.8) is 0 Å². The molecule has 4 nitrogen and oxygen atoms in total. The standard InChI is InChI=1S/C17H28N2O2/c1-13(2)19-9-7-14(8-10-19)15(11-18)12-21-17-6-4-3-5-16(17)20/h3-6,13-15,20H,7-12,18H2,1-2H3. The predicted octanol–water partition coefficient (Wildman–Crippen LogP) is 2.47. The molecule has 0 aliphatic carbocycles. The molecule has 1 atom stereocenters. The minimum Gasteiger partial charge on any atom is -0.504 e. The SMILES string of the molecule is CC(C)N1CCC(C(CN)COc2ccccc2O)CC1. The molecular formula is C17H28N2O2. The fraction of sp³-hybridized carbons (Fsp3) is 0.647. The number of ether oxygens (including phenoxy) is 1. The van der Waals surface area contributed by atoms with Gasteiger partial charge in [0.1, 0.15) is 0 Å². The van der Waals surface area contributed by atoms with Gasteiger partial charge in [0.05, 0.1) is 6.61 Å². The van der Waals surface area contributed by atoms with Gasteiger partial charge < -0.3 is 20.5 Å². The van der Waals surface area contributed by atoms with Gasteiger partial charge in [0.15, 0.2) is 11.5 Å². The third-order valence-electron chi connectivity index (χ3n) is 4.59. The van der Waals surface area contributed by atoms with Crippen molar-refractivity contribution < 1.29 is 9.84 Å². The van der Waals surface area contributed by atoms with Gasteiger partial charge in [-0.15, -0.1) is 0 Å². The Morgan fingerprint density at radius 2 is 1.95 bits per heavy atom. The van der Waals surface area contributed by atoms with E-state index in [1.165, 1.54) is 12.8 Å². The number of rotatable bonds is 6. The van der Waals surface area contributed by atoms with E-state index in [2.05, 4.69) is 18.7 Å². The Morgan fingerprint density at radius 1 is 1.29 bits per heavy atom.